The first-order chi connectivity index (χ1) is 16.2. The van der Waals surface area contributed by atoms with E-state index >= 15 is 0 Å². The number of nitrogens with one attached hydrogen (secondary N) is 1. The first kappa shape index (κ1) is 23.1. The van der Waals surface area contributed by atoms with Crippen molar-refractivity contribution in [3.05, 3.63) is 71.2 Å². The first-order valence-corrected chi connectivity index (χ1v) is 12.3. The van der Waals surface area contributed by atoms with Crippen LogP contribution in [0.2, 0.25) is 0 Å². The highest BCUT2D eigenvalue weighted by Crippen LogP contribution is 2.29. The molecule has 33 heavy (non-hydrogen) atoms. The molecule has 1 atom stereocenters. The molecule has 1 aromatic heterocycles. The van der Waals surface area contributed by atoms with Gasteiger partial charge in [0.15, 0.2) is 16.6 Å². The average molecular weight is 466 g/mol. The van der Waals surface area contributed by atoms with Gasteiger partial charge in [0.1, 0.15) is 6.61 Å². The number of carbonyl (C=O) groups excluding carboxylic acids is 1. The SMILES string of the molecule is COc1ccc(CCC(=O)NCC2CCCN(c3nccs3)C2)cc1OCc1ccccc1. The zero-order valence-corrected chi connectivity index (χ0v) is 19.9. The van der Waals surface area contributed by atoms with Crippen molar-refractivity contribution >= 4 is 22.4 Å². The van der Waals surface area contributed by atoms with Crippen molar-refractivity contribution in [2.75, 3.05) is 31.6 Å². The third-order valence-corrected chi connectivity index (χ3v) is 6.73. The maximum atomic E-state index is 12.5. The lowest BCUT2D eigenvalue weighted by molar-refractivity contribution is -0.121. The third kappa shape index (κ3) is 6.71. The number of benzene rings is 2. The molecule has 4 rings (SSSR count). The molecule has 1 N–H and O–H groups in total. The second-order valence-corrected chi connectivity index (χ2v) is 9.21. The number of thiazole rings is 1. The molecule has 3 aromatic rings. The molecule has 1 unspecified atom stereocenters. The highest BCUT2D eigenvalue weighted by Gasteiger charge is 2.22. The van der Waals surface area contributed by atoms with Crippen LogP contribution in [0.4, 0.5) is 5.13 Å². The summed E-state index contributed by atoms with van der Waals surface area (Å²) in [5.74, 6) is 1.94. The molecule has 1 fully saturated rings. The molecule has 174 valence electrons. The lowest BCUT2D eigenvalue weighted by Crippen LogP contribution is -2.41. The van der Waals surface area contributed by atoms with Gasteiger partial charge in [-0.3, -0.25) is 4.79 Å². The van der Waals surface area contributed by atoms with Crippen molar-refractivity contribution in [1.29, 1.82) is 0 Å². The Morgan fingerprint density at radius 3 is 2.85 bits per heavy atom. The van der Waals surface area contributed by atoms with E-state index in [1.807, 2.05) is 60.1 Å². The Morgan fingerprint density at radius 2 is 2.06 bits per heavy atom. The van der Waals surface area contributed by atoms with Crippen LogP contribution in [0.25, 0.3) is 0 Å². The number of amides is 1. The quantitative estimate of drug-likeness (QED) is 0.470. The fourth-order valence-electron chi connectivity index (χ4n) is 4.11. The van der Waals surface area contributed by atoms with Gasteiger partial charge in [-0.15, -0.1) is 11.3 Å². The minimum absolute atomic E-state index is 0.0870. The number of rotatable bonds is 10. The minimum atomic E-state index is 0.0870. The van der Waals surface area contributed by atoms with Gasteiger partial charge in [0.2, 0.25) is 5.91 Å². The molecule has 7 heteroatoms. The molecule has 1 amide bonds. The van der Waals surface area contributed by atoms with Gasteiger partial charge in [-0.2, -0.15) is 0 Å². The molecular formula is C26H31N3O3S. The molecule has 0 saturated carbocycles. The van der Waals surface area contributed by atoms with E-state index in [1.54, 1.807) is 18.4 Å². The van der Waals surface area contributed by atoms with Crippen LogP contribution >= 0.6 is 11.3 Å². The molecule has 0 bridgehead atoms. The predicted octanol–water partition coefficient (Wildman–Crippen LogP) is 4.70. The summed E-state index contributed by atoms with van der Waals surface area (Å²) in [6.45, 7) is 3.19. The van der Waals surface area contributed by atoms with E-state index in [0.717, 1.165) is 48.7 Å². The number of hydrogen-bond acceptors (Lipinski definition) is 6. The Kier molecular flexibility index (Phi) is 8.19. The van der Waals surface area contributed by atoms with E-state index in [-0.39, 0.29) is 5.91 Å². The molecular weight excluding hydrogens is 434 g/mol. The summed E-state index contributed by atoms with van der Waals surface area (Å²) in [4.78, 5) is 19.2. The Balaban J connectivity index is 1.24. The predicted molar refractivity (Wildman–Crippen MR) is 132 cm³/mol. The maximum absolute atomic E-state index is 12.5. The molecule has 1 aliphatic rings. The number of ether oxygens (including phenoxy) is 2. The highest BCUT2D eigenvalue weighted by atomic mass is 32.1. The number of piperidine rings is 1. The third-order valence-electron chi connectivity index (χ3n) is 5.90. The fourth-order valence-corrected chi connectivity index (χ4v) is 4.79. The van der Waals surface area contributed by atoms with E-state index in [1.165, 1.54) is 0 Å². The standard InChI is InChI=1S/C26H31N3O3S/c1-31-23-11-9-20(16-24(23)32-19-21-6-3-2-4-7-21)10-12-25(30)28-17-22-8-5-14-29(18-22)26-27-13-15-33-26/h2-4,6-7,9,11,13,15-16,22H,5,8,10,12,14,17-19H2,1H3,(H,28,30). The molecule has 0 radical (unpaired) electrons. The summed E-state index contributed by atoms with van der Waals surface area (Å²) in [5.41, 5.74) is 2.15. The van der Waals surface area contributed by atoms with Gasteiger partial charge in [0.25, 0.3) is 0 Å². The zero-order chi connectivity index (χ0) is 22.9. The summed E-state index contributed by atoms with van der Waals surface area (Å²) < 4.78 is 11.4. The van der Waals surface area contributed by atoms with Gasteiger partial charge in [0.05, 0.1) is 7.11 Å². The molecule has 1 aliphatic heterocycles. The van der Waals surface area contributed by atoms with Crippen LogP contribution in [0.5, 0.6) is 11.5 Å². The smallest absolute Gasteiger partial charge is 0.220 e. The van der Waals surface area contributed by atoms with Gasteiger partial charge in [0, 0.05) is 37.6 Å². The number of aromatic nitrogens is 1. The van der Waals surface area contributed by atoms with E-state index in [0.29, 0.717) is 36.9 Å². The zero-order valence-electron chi connectivity index (χ0n) is 19.0. The second-order valence-electron chi connectivity index (χ2n) is 8.33. The molecule has 0 aliphatic carbocycles. The molecule has 1 saturated heterocycles. The van der Waals surface area contributed by atoms with Crippen LogP contribution in [0.3, 0.4) is 0 Å². The van der Waals surface area contributed by atoms with Crippen molar-refractivity contribution < 1.29 is 14.3 Å². The van der Waals surface area contributed by atoms with Crippen LogP contribution in [-0.2, 0) is 17.8 Å². The lowest BCUT2D eigenvalue weighted by atomic mass is 9.98. The minimum Gasteiger partial charge on any atom is -0.493 e. The fraction of sp³-hybridized carbons (Fsp3) is 0.385. The van der Waals surface area contributed by atoms with Crippen molar-refractivity contribution in [3.63, 3.8) is 0 Å². The first-order valence-electron chi connectivity index (χ1n) is 11.5. The summed E-state index contributed by atoms with van der Waals surface area (Å²) >= 11 is 1.68. The van der Waals surface area contributed by atoms with Crippen LogP contribution in [0.15, 0.2) is 60.1 Å². The van der Waals surface area contributed by atoms with Crippen LogP contribution in [0, 0.1) is 5.92 Å². The summed E-state index contributed by atoms with van der Waals surface area (Å²) in [5, 5.41) is 6.23. The van der Waals surface area contributed by atoms with Crippen molar-refractivity contribution in [1.82, 2.24) is 10.3 Å². The van der Waals surface area contributed by atoms with Crippen LogP contribution in [0.1, 0.15) is 30.4 Å². The second kappa shape index (κ2) is 11.7. The van der Waals surface area contributed by atoms with Gasteiger partial charge >= 0.3 is 0 Å². The Bertz CT molecular complexity index is 1010. The molecule has 6 nitrogen and oxygen atoms in total. The van der Waals surface area contributed by atoms with Gasteiger partial charge in [-0.05, 0) is 48.4 Å². The Labute approximate surface area is 199 Å². The van der Waals surface area contributed by atoms with E-state index < -0.39 is 0 Å². The molecule has 2 aromatic carbocycles. The number of nitrogens with zero attached hydrogens (tertiary/aromatic N) is 2. The molecule has 0 spiro atoms. The van der Waals surface area contributed by atoms with E-state index in [9.17, 15) is 4.79 Å². The number of methoxy groups -OCH3 is 1. The number of hydrogen-bond donors (Lipinski definition) is 1. The number of anilines is 1. The van der Waals surface area contributed by atoms with Crippen LogP contribution in [-0.4, -0.2) is 37.6 Å². The van der Waals surface area contributed by atoms with Gasteiger partial charge in [-0.1, -0.05) is 36.4 Å². The van der Waals surface area contributed by atoms with Gasteiger partial charge < -0.3 is 19.7 Å². The summed E-state index contributed by atoms with van der Waals surface area (Å²) in [7, 11) is 1.64. The van der Waals surface area contributed by atoms with Gasteiger partial charge in [-0.25, -0.2) is 4.98 Å². The highest BCUT2D eigenvalue weighted by molar-refractivity contribution is 7.13. The largest absolute Gasteiger partial charge is 0.493 e. The number of carbonyl (C=O) groups is 1. The van der Waals surface area contributed by atoms with Crippen molar-refractivity contribution in [2.24, 2.45) is 5.92 Å². The van der Waals surface area contributed by atoms with Crippen molar-refractivity contribution in [2.45, 2.75) is 32.3 Å². The normalized spacial score (nSPS) is 15.8. The maximum Gasteiger partial charge on any atom is 0.220 e. The van der Waals surface area contributed by atoms with Crippen LogP contribution < -0.4 is 19.7 Å². The topological polar surface area (TPSA) is 63.7 Å². The summed E-state index contributed by atoms with van der Waals surface area (Å²) in [6, 6.07) is 15.9. The monoisotopic (exact) mass is 465 g/mol. The number of aryl methyl sites for hydroxylation is 1. The molecule has 2 heterocycles. The van der Waals surface area contributed by atoms with E-state index in [4.69, 9.17) is 9.47 Å². The Morgan fingerprint density at radius 1 is 1.18 bits per heavy atom. The van der Waals surface area contributed by atoms with E-state index in [2.05, 4.69) is 15.2 Å². The lowest BCUT2D eigenvalue weighted by Gasteiger charge is -2.32. The Hall–Kier alpha value is -3.06. The average Bonchev–Trinajstić information content (AvgIpc) is 3.41. The summed E-state index contributed by atoms with van der Waals surface area (Å²) in [6.07, 6.45) is 5.24. The van der Waals surface area contributed by atoms with Crippen molar-refractivity contribution in [3.8, 4) is 11.5 Å².